The average Bonchev–Trinajstić information content (AvgIpc) is 3.36. The van der Waals surface area contributed by atoms with Gasteiger partial charge in [0.15, 0.2) is 0 Å². The molecule has 0 aromatic heterocycles. The van der Waals surface area contributed by atoms with E-state index in [1.54, 1.807) is 30.3 Å². The first-order chi connectivity index (χ1) is 22.7. The molecule has 2 amide bonds. The molecule has 6 rings (SSSR count). The number of carbonyl (C=O) groups is 3. The van der Waals surface area contributed by atoms with Gasteiger partial charge in [-0.05, 0) is 33.7 Å². The lowest BCUT2D eigenvalue weighted by Gasteiger charge is -2.37. The fourth-order valence-corrected chi connectivity index (χ4v) is 7.59. The van der Waals surface area contributed by atoms with Crippen molar-refractivity contribution >= 4 is 44.7 Å². The molecule has 0 fully saturated rings. The first-order valence-corrected chi connectivity index (χ1v) is 16.3. The molecule has 5 aromatic carbocycles. The van der Waals surface area contributed by atoms with Crippen LogP contribution in [-0.4, -0.2) is 44.1 Å². The predicted octanol–water partition coefficient (Wildman–Crippen LogP) is 5.65. The van der Waals surface area contributed by atoms with Gasteiger partial charge in [0.25, 0.3) is 0 Å². The maximum absolute atomic E-state index is 13.7. The van der Waals surface area contributed by atoms with Crippen molar-refractivity contribution in [2.75, 3.05) is 6.61 Å². The summed E-state index contributed by atoms with van der Waals surface area (Å²) >= 11 is 0. The standard InChI is InChI=1S/C37H30N2O7S/c40-33(39-37(27-13-4-1-5-14-27,28-15-6-2-7-16-28)29-17-8-3-9-18-29)23-32(35(41)42)38-36(43)46-24-30-22-26-21-20-25-12-10-11-19-31(25)34(26)47(30,44)45/h1-22,32H,23-24H2,(H,38,43)(H,39,40)(H,41,42)/t32-/m0/s1. The molecular formula is C37H30N2O7S. The first kappa shape index (κ1) is 31.3. The first-order valence-electron chi connectivity index (χ1n) is 14.8. The molecule has 236 valence electrons. The number of rotatable bonds is 10. The largest absolute Gasteiger partial charge is 0.480 e. The van der Waals surface area contributed by atoms with Gasteiger partial charge in [0.1, 0.15) is 18.2 Å². The van der Waals surface area contributed by atoms with Gasteiger partial charge in [0.2, 0.25) is 15.7 Å². The fourth-order valence-electron chi connectivity index (χ4n) is 5.92. The van der Waals surface area contributed by atoms with E-state index in [0.717, 1.165) is 22.1 Å². The smallest absolute Gasteiger partial charge is 0.408 e. The zero-order chi connectivity index (χ0) is 33.0. The van der Waals surface area contributed by atoms with Crippen molar-refractivity contribution in [3.8, 4) is 0 Å². The van der Waals surface area contributed by atoms with Gasteiger partial charge >= 0.3 is 12.1 Å². The minimum Gasteiger partial charge on any atom is -0.480 e. The number of nitrogens with one attached hydrogen (secondary N) is 2. The molecule has 0 unspecified atom stereocenters. The van der Waals surface area contributed by atoms with E-state index in [4.69, 9.17) is 4.74 Å². The molecule has 1 atom stereocenters. The van der Waals surface area contributed by atoms with Gasteiger partial charge in [-0.1, -0.05) is 127 Å². The minimum absolute atomic E-state index is 0.133. The predicted molar refractivity (Wildman–Crippen MR) is 177 cm³/mol. The van der Waals surface area contributed by atoms with Crippen LogP contribution in [0.15, 0.2) is 137 Å². The van der Waals surface area contributed by atoms with E-state index in [1.165, 1.54) is 6.08 Å². The van der Waals surface area contributed by atoms with Crippen LogP contribution in [-0.2, 0) is 29.7 Å². The molecule has 47 heavy (non-hydrogen) atoms. The summed E-state index contributed by atoms with van der Waals surface area (Å²) in [7, 11) is -3.96. The van der Waals surface area contributed by atoms with E-state index in [1.807, 2.05) is 97.1 Å². The van der Waals surface area contributed by atoms with Gasteiger partial charge in [-0.2, -0.15) is 0 Å². The number of benzene rings is 5. The van der Waals surface area contributed by atoms with Crippen molar-refractivity contribution in [1.82, 2.24) is 10.6 Å². The number of alkyl carbamates (subject to hydrolysis) is 1. The summed E-state index contributed by atoms with van der Waals surface area (Å²) in [6.07, 6.45) is -0.373. The number of hydrogen-bond acceptors (Lipinski definition) is 6. The third kappa shape index (κ3) is 6.10. The Morgan fingerprint density at radius 1 is 0.723 bits per heavy atom. The monoisotopic (exact) mass is 646 g/mol. The molecular weight excluding hydrogens is 616 g/mol. The van der Waals surface area contributed by atoms with Crippen LogP contribution in [0.5, 0.6) is 0 Å². The second-order valence-corrected chi connectivity index (χ2v) is 13.0. The van der Waals surface area contributed by atoms with Gasteiger partial charge in [-0.15, -0.1) is 0 Å². The summed E-state index contributed by atoms with van der Waals surface area (Å²) in [5, 5.41) is 16.5. The normalized spacial score (nSPS) is 14.0. The Balaban J connectivity index is 1.20. The summed E-state index contributed by atoms with van der Waals surface area (Å²) in [5.74, 6) is -2.12. The number of hydrogen-bond donors (Lipinski definition) is 3. The molecule has 1 aliphatic heterocycles. The van der Waals surface area contributed by atoms with Crippen LogP contribution < -0.4 is 10.6 Å². The SMILES string of the molecule is O=C(C[C@H](NC(=O)OCC1=Cc2ccc3ccccc3c2S1(=O)=O)C(=O)O)NC(c1ccccc1)(c1ccccc1)c1ccccc1. The number of sulfone groups is 1. The summed E-state index contributed by atoms with van der Waals surface area (Å²) in [6.45, 7) is -0.616. The van der Waals surface area contributed by atoms with Gasteiger partial charge in [0, 0.05) is 5.39 Å². The maximum atomic E-state index is 13.7. The van der Waals surface area contributed by atoms with Gasteiger partial charge in [0.05, 0.1) is 16.2 Å². The van der Waals surface area contributed by atoms with Crippen molar-refractivity contribution in [3.05, 3.63) is 155 Å². The Morgan fingerprint density at radius 3 is 1.81 bits per heavy atom. The van der Waals surface area contributed by atoms with Crippen LogP contribution in [0.4, 0.5) is 4.79 Å². The topological polar surface area (TPSA) is 139 Å². The highest BCUT2D eigenvalue weighted by Gasteiger charge is 2.39. The molecule has 1 aliphatic rings. The summed E-state index contributed by atoms with van der Waals surface area (Å²) < 4.78 is 31.9. The Morgan fingerprint density at radius 2 is 1.26 bits per heavy atom. The number of aliphatic carboxylic acids is 1. The maximum Gasteiger partial charge on any atom is 0.408 e. The second-order valence-electron chi connectivity index (χ2n) is 11.0. The molecule has 0 spiro atoms. The highest BCUT2D eigenvalue weighted by Crippen LogP contribution is 2.39. The van der Waals surface area contributed by atoms with E-state index in [9.17, 15) is 27.9 Å². The molecule has 9 nitrogen and oxygen atoms in total. The quantitative estimate of drug-likeness (QED) is 0.167. The van der Waals surface area contributed by atoms with Crippen molar-refractivity contribution in [2.45, 2.75) is 22.9 Å². The van der Waals surface area contributed by atoms with E-state index < -0.39 is 52.4 Å². The van der Waals surface area contributed by atoms with E-state index >= 15 is 0 Å². The number of ether oxygens (including phenoxy) is 1. The summed E-state index contributed by atoms with van der Waals surface area (Å²) in [5.41, 5.74) is 1.51. The Kier molecular flexibility index (Phi) is 8.60. The Hall–Kier alpha value is -5.74. The van der Waals surface area contributed by atoms with E-state index in [2.05, 4.69) is 10.6 Å². The summed E-state index contributed by atoms with van der Waals surface area (Å²) in [4.78, 5) is 38.7. The van der Waals surface area contributed by atoms with Gasteiger partial charge in [-0.3, -0.25) is 4.79 Å². The zero-order valence-corrected chi connectivity index (χ0v) is 25.8. The van der Waals surface area contributed by atoms with Crippen LogP contribution in [0.1, 0.15) is 28.7 Å². The third-order valence-corrected chi connectivity index (χ3v) is 10.0. The molecule has 0 bridgehead atoms. The van der Waals surface area contributed by atoms with Gasteiger partial charge < -0.3 is 20.5 Å². The third-order valence-electron chi connectivity index (χ3n) is 8.11. The molecule has 0 saturated carbocycles. The van der Waals surface area contributed by atoms with Crippen molar-refractivity contribution in [3.63, 3.8) is 0 Å². The molecule has 0 radical (unpaired) electrons. The van der Waals surface area contributed by atoms with Crippen LogP contribution >= 0.6 is 0 Å². The second kappa shape index (κ2) is 12.9. The summed E-state index contributed by atoms with van der Waals surface area (Å²) in [6, 6.07) is 36.8. The average molecular weight is 647 g/mol. The number of carboxylic acid groups (broad SMARTS) is 1. The van der Waals surface area contributed by atoms with Gasteiger partial charge in [-0.25, -0.2) is 18.0 Å². The number of fused-ring (bicyclic) bond motifs is 3. The zero-order valence-electron chi connectivity index (χ0n) is 25.0. The molecule has 1 heterocycles. The number of carbonyl (C=O) groups excluding carboxylic acids is 2. The minimum atomic E-state index is -3.96. The van der Waals surface area contributed by atoms with Crippen LogP contribution in [0.25, 0.3) is 16.8 Å². The number of amides is 2. The lowest BCUT2D eigenvalue weighted by Crippen LogP contribution is -2.51. The van der Waals surface area contributed by atoms with Crippen molar-refractivity contribution in [2.24, 2.45) is 0 Å². The van der Waals surface area contributed by atoms with E-state index in [-0.39, 0.29) is 9.80 Å². The molecule has 0 saturated heterocycles. The van der Waals surface area contributed by atoms with Crippen molar-refractivity contribution < 1.29 is 32.6 Å². The highest BCUT2D eigenvalue weighted by molar-refractivity contribution is 7.96. The lowest BCUT2D eigenvalue weighted by molar-refractivity contribution is -0.141. The highest BCUT2D eigenvalue weighted by atomic mass is 32.2. The molecule has 10 heteroatoms. The lowest BCUT2D eigenvalue weighted by atomic mass is 9.77. The molecule has 0 aliphatic carbocycles. The molecule has 5 aromatic rings. The molecule has 3 N–H and O–H groups in total. The number of carboxylic acids is 1. The van der Waals surface area contributed by atoms with Crippen molar-refractivity contribution in [1.29, 1.82) is 0 Å². The van der Waals surface area contributed by atoms with E-state index in [0.29, 0.717) is 10.9 Å². The fraction of sp³-hybridized carbons (Fsp3) is 0.108. The Labute approximate surface area is 271 Å². The van der Waals surface area contributed by atoms with Crippen LogP contribution in [0.3, 0.4) is 0 Å². The van der Waals surface area contributed by atoms with Crippen LogP contribution in [0, 0.1) is 0 Å². The van der Waals surface area contributed by atoms with Crippen LogP contribution in [0.2, 0.25) is 0 Å². The Bertz CT molecular complexity index is 2000.